The Bertz CT molecular complexity index is 2260. The third kappa shape index (κ3) is 4.53. The van der Waals surface area contributed by atoms with E-state index in [1.165, 1.54) is 61.3 Å². The van der Waals surface area contributed by atoms with Gasteiger partial charge in [-0.15, -0.1) is 0 Å². The monoisotopic (exact) mass is 629 g/mol. The molecule has 0 fully saturated rings. The lowest BCUT2D eigenvalue weighted by atomic mass is 9.30. The number of anilines is 3. The van der Waals surface area contributed by atoms with Crippen LogP contribution in [0.4, 0.5) is 17.1 Å². The smallest absolute Gasteiger partial charge is 0.247 e. The molecule has 0 amide bonds. The molecule has 3 heteroatoms. The molecule has 0 saturated carbocycles. The summed E-state index contributed by atoms with van der Waals surface area (Å²) in [6.07, 6.45) is 0. The van der Waals surface area contributed by atoms with Crippen LogP contribution in [0.5, 0.6) is 0 Å². The Morgan fingerprint density at radius 3 is 1.85 bits per heavy atom. The molecule has 0 spiro atoms. The Kier molecular flexibility index (Phi) is 6.41. The molecule has 1 aromatic heterocycles. The highest BCUT2D eigenvalue weighted by molar-refractivity contribution is 6.99. The maximum atomic E-state index is 6.59. The molecule has 0 bridgehead atoms. The van der Waals surface area contributed by atoms with E-state index in [4.69, 9.17) is 4.42 Å². The van der Waals surface area contributed by atoms with Crippen molar-refractivity contribution in [3.8, 4) is 0 Å². The average Bonchev–Trinajstić information content (AvgIpc) is 3.37. The minimum atomic E-state index is -0.170. The van der Waals surface area contributed by atoms with Gasteiger partial charge in [-0.2, -0.15) is 0 Å². The van der Waals surface area contributed by atoms with E-state index in [9.17, 15) is 0 Å². The molecule has 2 nitrogen and oxygen atoms in total. The second-order valence-corrected chi connectivity index (χ2v) is 18.0. The van der Waals surface area contributed by atoms with E-state index < -0.39 is 0 Å². The van der Waals surface area contributed by atoms with Crippen molar-refractivity contribution in [2.75, 3.05) is 4.90 Å². The molecule has 2 aliphatic rings. The number of benzene rings is 5. The number of para-hydroxylation sites is 1. The molecule has 48 heavy (non-hydrogen) atoms. The average molecular weight is 630 g/mol. The maximum absolute atomic E-state index is 6.59. The Morgan fingerprint density at radius 2 is 1.19 bits per heavy atom. The van der Waals surface area contributed by atoms with E-state index >= 15 is 0 Å². The lowest BCUT2D eigenvalue weighted by Crippen LogP contribution is -2.64. The van der Waals surface area contributed by atoms with Crippen LogP contribution in [0.25, 0.3) is 21.9 Å². The van der Waals surface area contributed by atoms with Gasteiger partial charge in [0.05, 0.1) is 0 Å². The first-order valence-electron chi connectivity index (χ1n) is 17.6. The highest BCUT2D eigenvalue weighted by atomic mass is 16.3. The van der Waals surface area contributed by atoms with Gasteiger partial charge in [0.1, 0.15) is 11.2 Å². The van der Waals surface area contributed by atoms with Crippen LogP contribution in [0.1, 0.15) is 104 Å². The predicted octanol–water partition coefficient (Wildman–Crippen LogP) is 10.4. The summed E-state index contributed by atoms with van der Waals surface area (Å²) >= 11 is 0. The van der Waals surface area contributed by atoms with Crippen molar-refractivity contribution in [1.29, 1.82) is 0 Å². The van der Waals surface area contributed by atoms with Gasteiger partial charge >= 0.3 is 0 Å². The van der Waals surface area contributed by atoms with Crippen LogP contribution in [0, 0.1) is 0 Å². The zero-order valence-corrected chi connectivity index (χ0v) is 30.6. The number of hydrogen-bond donors (Lipinski definition) is 0. The van der Waals surface area contributed by atoms with Gasteiger partial charge in [0.25, 0.3) is 0 Å². The molecular weight excluding hydrogens is 581 g/mol. The molecule has 8 rings (SSSR count). The van der Waals surface area contributed by atoms with E-state index in [-0.39, 0.29) is 28.4 Å². The zero-order chi connectivity index (χ0) is 34.1. The Balaban J connectivity index is 1.52. The maximum Gasteiger partial charge on any atom is 0.247 e. The number of fused-ring (bicyclic) bond motifs is 7. The Labute approximate surface area is 287 Å². The SMILES string of the molecule is CC(C)(C)c1ccc(N2c3cc4c(cc3B3c5cc(C(C)(C)C)ccc5C(C)(C)c5cc(C(C)(C)C)cc2c53)oc2ccccc24)cc1. The van der Waals surface area contributed by atoms with E-state index in [0.29, 0.717) is 0 Å². The van der Waals surface area contributed by atoms with Crippen LogP contribution < -0.4 is 21.3 Å². The summed E-state index contributed by atoms with van der Waals surface area (Å²) in [6, 6.07) is 34.9. The molecule has 2 aliphatic heterocycles. The van der Waals surface area contributed by atoms with Crippen molar-refractivity contribution in [3.63, 3.8) is 0 Å². The summed E-state index contributed by atoms with van der Waals surface area (Å²) in [5.41, 5.74) is 16.6. The fourth-order valence-electron chi connectivity index (χ4n) is 8.26. The van der Waals surface area contributed by atoms with Gasteiger partial charge in [-0.25, -0.2) is 0 Å². The van der Waals surface area contributed by atoms with Gasteiger partial charge < -0.3 is 9.32 Å². The first kappa shape index (κ1) is 31.1. The largest absolute Gasteiger partial charge is 0.456 e. The minimum absolute atomic E-state index is 0.0137. The molecule has 0 atom stereocenters. The van der Waals surface area contributed by atoms with Crippen molar-refractivity contribution in [1.82, 2.24) is 0 Å². The van der Waals surface area contributed by atoms with Crippen LogP contribution in [0.15, 0.2) is 95.4 Å². The fraction of sp³-hybridized carbons (Fsp3) is 0.333. The second-order valence-electron chi connectivity index (χ2n) is 18.0. The van der Waals surface area contributed by atoms with Crippen molar-refractivity contribution in [2.45, 2.75) is 97.8 Å². The van der Waals surface area contributed by atoms with Crippen LogP contribution in [-0.4, -0.2) is 6.71 Å². The topological polar surface area (TPSA) is 16.4 Å². The van der Waals surface area contributed by atoms with Gasteiger partial charge in [0, 0.05) is 33.2 Å². The van der Waals surface area contributed by atoms with Gasteiger partial charge in [-0.3, -0.25) is 0 Å². The lowest BCUT2D eigenvalue weighted by Gasteiger charge is -2.46. The van der Waals surface area contributed by atoms with Crippen LogP contribution in [0.2, 0.25) is 0 Å². The highest BCUT2D eigenvalue weighted by Gasteiger charge is 2.47. The summed E-state index contributed by atoms with van der Waals surface area (Å²) in [5, 5.41) is 2.32. The Morgan fingerprint density at radius 1 is 0.542 bits per heavy atom. The van der Waals surface area contributed by atoms with Gasteiger partial charge in [-0.1, -0.05) is 136 Å². The number of nitrogens with zero attached hydrogens (tertiary/aromatic N) is 1. The highest BCUT2D eigenvalue weighted by Crippen LogP contribution is 2.46. The molecule has 6 aromatic rings. The standard InChI is InChI=1S/C45H48BNO/c1-42(2,3)27-16-19-30(20-17-27)47-37-25-32-31-14-12-13-15-39(31)48-40(32)26-36(37)46-35-23-28(43(4,5)6)18-21-33(35)45(10,11)34-22-29(44(7,8)9)24-38(47)41(34)46/h12-26H,1-11H3. The molecule has 242 valence electrons. The quantitative estimate of drug-likeness (QED) is 0.168. The third-order valence-electron chi connectivity index (χ3n) is 11.2. The van der Waals surface area contributed by atoms with Crippen molar-refractivity contribution < 1.29 is 4.42 Å². The van der Waals surface area contributed by atoms with Crippen LogP contribution in [-0.2, 0) is 21.7 Å². The van der Waals surface area contributed by atoms with E-state index in [0.717, 1.165) is 21.9 Å². The van der Waals surface area contributed by atoms with E-state index in [2.05, 4.69) is 172 Å². The van der Waals surface area contributed by atoms with Crippen molar-refractivity contribution in [3.05, 3.63) is 119 Å². The normalized spacial score (nSPS) is 15.5. The first-order valence-corrected chi connectivity index (χ1v) is 17.6. The van der Waals surface area contributed by atoms with Crippen LogP contribution >= 0.6 is 0 Å². The fourth-order valence-corrected chi connectivity index (χ4v) is 8.26. The van der Waals surface area contributed by atoms with Crippen LogP contribution in [0.3, 0.4) is 0 Å². The molecule has 0 aliphatic carbocycles. The Hall–Kier alpha value is -4.24. The molecule has 0 N–H and O–H groups in total. The summed E-state index contributed by atoms with van der Waals surface area (Å²) in [5.74, 6) is 0. The van der Waals surface area contributed by atoms with E-state index in [1.807, 2.05) is 0 Å². The second kappa shape index (κ2) is 9.91. The van der Waals surface area contributed by atoms with Gasteiger partial charge in [0.2, 0.25) is 6.71 Å². The number of rotatable bonds is 1. The first-order chi connectivity index (χ1) is 22.4. The lowest BCUT2D eigenvalue weighted by molar-refractivity contribution is 0.580. The molecule has 0 unspecified atom stereocenters. The number of furan rings is 1. The van der Waals surface area contributed by atoms with Gasteiger partial charge in [0.15, 0.2) is 0 Å². The third-order valence-corrected chi connectivity index (χ3v) is 11.2. The molecule has 0 saturated heterocycles. The summed E-state index contributed by atoms with van der Waals surface area (Å²) in [4.78, 5) is 2.56. The summed E-state index contributed by atoms with van der Waals surface area (Å²) < 4.78 is 6.59. The van der Waals surface area contributed by atoms with Crippen molar-refractivity contribution >= 4 is 62.1 Å². The number of hydrogen-bond acceptors (Lipinski definition) is 2. The molecule has 5 aromatic carbocycles. The molecular formula is C45H48BNO. The van der Waals surface area contributed by atoms with E-state index in [1.54, 1.807) is 0 Å². The predicted molar refractivity (Wildman–Crippen MR) is 208 cm³/mol. The van der Waals surface area contributed by atoms with Crippen molar-refractivity contribution in [2.24, 2.45) is 0 Å². The molecule has 3 heterocycles. The van der Waals surface area contributed by atoms with Gasteiger partial charge in [-0.05, 0) is 91.4 Å². The molecule has 0 radical (unpaired) electrons. The minimum Gasteiger partial charge on any atom is -0.456 e. The zero-order valence-electron chi connectivity index (χ0n) is 30.6. The summed E-state index contributed by atoms with van der Waals surface area (Å²) in [6.45, 7) is 25.8. The summed E-state index contributed by atoms with van der Waals surface area (Å²) in [7, 11) is 0.